The monoisotopic (exact) mass is 394 g/mol. The van der Waals surface area contributed by atoms with Crippen molar-refractivity contribution in [1.29, 1.82) is 0 Å². The molecule has 29 heavy (non-hydrogen) atoms. The molecule has 0 bridgehead atoms. The minimum absolute atomic E-state index is 0.735. The van der Waals surface area contributed by atoms with Gasteiger partial charge in [-0.2, -0.15) is 0 Å². The van der Waals surface area contributed by atoms with Crippen LogP contribution in [0.25, 0.3) is 0 Å². The van der Waals surface area contributed by atoms with Gasteiger partial charge in [0.15, 0.2) is 0 Å². The maximum absolute atomic E-state index is 5.75. The fraction of sp³-hybridized carbons (Fsp3) is 0.643. The molecule has 1 aromatic carbocycles. The van der Waals surface area contributed by atoms with Gasteiger partial charge in [0.1, 0.15) is 0 Å². The lowest BCUT2D eigenvalue weighted by Gasteiger charge is -2.31. The standard InChI is InChI=1S/C28H42O/c1-3-5-6-21-29-22-26-15-19-28(20-16-26)27-17-13-25(14-18-27)12-11-24-9-7-23(4-2)8-10-24/h3-5,15-16,19-20,23-25,27H,2,6-14,17-18,21-22H2,1H3/b5-3+/t23-,24-,25-,27-. The summed E-state index contributed by atoms with van der Waals surface area (Å²) >= 11 is 0. The zero-order valence-corrected chi connectivity index (χ0v) is 18.7. The van der Waals surface area contributed by atoms with Crippen LogP contribution in [0.15, 0.2) is 49.1 Å². The lowest BCUT2D eigenvalue weighted by atomic mass is 9.74. The summed E-state index contributed by atoms with van der Waals surface area (Å²) in [6.07, 6.45) is 21.7. The van der Waals surface area contributed by atoms with E-state index in [1.54, 1.807) is 5.56 Å². The summed E-state index contributed by atoms with van der Waals surface area (Å²) in [7, 11) is 0. The van der Waals surface area contributed by atoms with E-state index in [9.17, 15) is 0 Å². The zero-order valence-electron chi connectivity index (χ0n) is 18.7. The molecule has 0 saturated heterocycles. The van der Waals surface area contributed by atoms with Gasteiger partial charge in [-0.05, 0) is 99.5 Å². The van der Waals surface area contributed by atoms with Crippen molar-refractivity contribution in [2.45, 2.75) is 90.1 Å². The normalized spacial score (nSPS) is 27.9. The third kappa shape index (κ3) is 7.45. The third-order valence-electron chi connectivity index (χ3n) is 7.44. The summed E-state index contributed by atoms with van der Waals surface area (Å²) in [4.78, 5) is 0. The van der Waals surface area contributed by atoms with Crippen LogP contribution in [0.3, 0.4) is 0 Å². The van der Waals surface area contributed by atoms with Gasteiger partial charge in [-0.15, -0.1) is 6.58 Å². The highest BCUT2D eigenvalue weighted by Gasteiger charge is 2.24. The summed E-state index contributed by atoms with van der Waals surface area (Å²) in [5, 5.41) is 0. The van der Waals surface area contributed by atoms with Crippen molar-refractivity contribution in [3.05, 3.63) is 60.2 Å². The molecule has 3 rings (SSSR count). The molecule has 2 aliphatic carbocycles. The molecule has 2 aliphatic rings. The lowest BCUT2D eigenvalue weighted by Crippen LogP contribution is -2.17. The van der Waals surface area contributed by atoms with Crippen LogP contribution in [0.2, 0.25) is 0 Å². The Bertz CT molecular complexity index is 598. The molecule has 1 heteroatoms. The number of allylic oxidation sites excluding steroid dienone is 2. The largest absolute Gasteiger partial charge is 0.376 e. The Morgan fingerprint density at radius 2 is 1.52 bits per heavy atom. The van der Waals surface area contributed by atoms with Crippen LogP contribution in [-0.2, 0) is 11.3 Å². The van der Waals surface area contributed by atoms with Crippen molar-refractivity contribution in [2.24, 2.45) is 17.8 Å². The van der Waals surface area contributed by atoms with Crippen LogP contribution in [0.4, 0.5) is 0 Å². The van der Waals surface area contributed by atoms with E-state index in [2.05, 4.69) is 56.0 Å². The van der Waals surface area contributed by atoms with Gasteiger partial charge in [0.05, 0.1) is 13.2 Å². The van der Waals surface area contributed by atoms with Crippen molar-refractivity contribution in [3.63, 3.8) is 0 Å². The van der Waals surface area contributed by atoms with E-state index in [4.69, 9.17) is 4.74 Å². The number of benzene rings is 1. The van der Waals surface area contributed by atoms with Gasteiger partial charge in [-0.3, -0.25) is 0 Å². The van der Waals surface area contributed by atoms with E-state index in [0.29, 0.717) is 0 Å². The number of hydrogen-bond donors (Lipinski definition) is 0. The maximum atomic E-state index is 5.75. The Morgan fingerprint density at radius 3 is 2.10 bits per heavy atom. The summed E-state index contributed by atoms with van der Waals surface area (Å²) in [5.74, 6) is 3.56. The zero-order chi connectivity index (χ0) is 20.3. The second-order valence-electron chi connectivity index (χ2n) is 9.46. The van der Waals surface area contributed by atoms with Crippen LogP contribution in [0.5, 0.6) is 0 Å². The fourth-order valence-electron chi connectivity index (χ4n) is 5.36. The topological polar surface area (TPSA) is 9.23 Å². The molecule has 0 N–H and O–H groups in total. The van der Waals surface area contributed by atoms with Crippen molar-refractivity contribution < 1.29 is 4.74 Å². The van der Waals surface area contributed by atoms with E-state index in [0.717, 1.165) is 43.3 Å². The molecule has 1 nitrogen and oxygen atoms in total. The smallest absolute Gasteiger partial charge is 0.0717 e. The molecule has 0 atom stereocenters. The summed E-state index contributed by atoms with van der Waals surface area (Å²) in [6, 6.07) is 9.26. The van der Waals surface area contributed by atoms with Crippen LogP contribution in [-0.4, -0.2) is 6.61 Å². The summed E-state index contributed by atoms with van der Waals surface area (Å²) in [5.41, 5.74) is 2.85. The Morgan fingerprint density at radius 1 is 0.897 bits per heavy atom. The quantitative estimate of drug-likeness (QED) is 0.287. The molecule has 0 radical (unpaired) electrons. The first-order chi connectivity index (χ1) is 14.3. The molecule has 0 amide bonds. The highest BCUT2D eigenvalue weighted by Crippen LogP contribution is 2.39. The van der Waals surface area contributed by atoms with Crippen molar-refractivity contribution in [1.82, 2.24) is 0 Å². The lowest BCUT2D eigenvalue weighted by molar-refractivity contribution is 0.125. The Labute approximate surface area is 179 Å². The third-order valence-corrected chi connectivity index (χ3v) is 7.44. The second kappa shape index (κ2) is 12.4. The van der Waals surface area contributed by atoms with Crippen LogP contribution < -0.4 is 0 Å². The van der Waals surface area contributed by atoms with E-state index in [1.165, 1.54) is 69.8 Å². The summed E-state index contributed by atoms with van der Waals surface area (Å²) in [6.45, 7) is 7.58. The molecule has 2 saturated carbocycles. The fourth-order valence-corrected chi connectivity index (χ4v) is 5.36. The minimum atomic E-state index is 0.735. The highest BCUT2D eigenvalue weighted by atomic mass is 16.5. The van der Waals surface area contributed by atoms with Gasteiger partial charge < -0.3 is 4.74 Å². The van der Waals surface area contributed by atoms with E-state index < -0.39 is 0 Å². The molecule has 160 valence electrons. The van der Waals surface area contributed by atoms with Crippen molar-refractivity contribution >= 4 is 0 Å². The maximum Gasteiger partial charge on any atom is 0.0717 e. The van der Waals surface area contributed by atoms with Gasteiger partial charge in [-0.1, -0.05) is 55.3 Å². The molecular formula is C28H42O. The van der Waals surface area contributed by atoms with Crippen LogP contribution in [0, 0.1) is 17.8 Å². The molecule has 0 aromatic heterocycles. The van der Waals surface area contributed by atoms with E-state index in [-0.39, 0.29) is 0 Å². The number of ether oxygens (including phenoxy) is 1. The SMILES string of the molecule is C=C[C@H]1CC[C@H](CC[C@H]2CC[C@H](c3ccc(COCC/C=C/C)cc3)CC2)CC1. The van der Waals surface area contributed by atoms with Gasteiger partial charge in [-0.25, -0.2) is 0 Å². The first kappa shape index (κ1) is 22.3. The average molecular weight is 395 g/mol. The van der Waals surface area contributed by atoms with Crippen molar-refractivity contribution in [2.75, 3.05) is 6.61 Å². The molecule has 1 aromatic rings. The minimum Gasteiger partial charge on any atom is -0.376 e. The van der Waals surface area contributed by atoms with Crippen LogP contribution >= 0.6 is 0 Å². The molecule has 2 fully saturated rings. The Kier molecular flexibility index (Phi) is 9.54. The summed E-state index contributed by atoms with van der Waals surface area (Å²) < 4.78 is 5.75. The van der Waals surface area contributed by atoms with Gasteiger partial charge >= 0.3 is 0 Å². The Balaban J connectivity index is 1.33. The van der Waals surface area contributed by atoms with Crippen molar-refractivity contribution in [3.8, 4) is 0 Å². The highest BCUT2D eigenvalue weighted by molar-refractivity contribution is 5.25. The first-order valence-electron chi connectivity index (χ1n) is 12.2. The molecule has 0 aliphatic heterocycles. The van der Waals surface area contributed by atoms with Gasteiger partial charge in [0, 0.05) is 0 Å². The second-order valence-corrected chi connectivity index (χ2v) is 9.46. The van der Waals surface area contributed by atoms with Gasteiger partial charge in [0.25, 0.3) is 0 Å². The first-order valence-corrected chi connectivity index (χ1v) is 12.2. The molecule has 0 unspecified atom stereocenters. The Hall–Kier alpha value is -1.34. The van der Waals surface area contributed by atoms with Gasteiger partial charge in [0.2, 0.25) is 0 Å². The van der Waals surface area contributed by atoms with E-state index in [1.807, 2.05) is 0 Å². The number of rotatable bonds is 10. The predicted molar refractivity (Wildman–Crippen MR) is 125 cm³/mol. The number of hydrogen-bond acceptors (Lipinski definition) is 1. The molecular weight excluding hydrogens is 352 g/mol. The molecule has 0 heterocycles. The predicted octanol–water partition coefficient (Wildman–Crippen LogP) is 8.22. The van der Waals surface area contributed by atoms with E-state index >= 15 is 0 Å². The average Bonchev–Trinajstić information content (AvgIpc) is 2.79. The van der Waals surface area contributed by atoms with Crippen LogP contribution in [0.1, 0.15) is 94.6 Å². The molecule has 0 spiro atoms.